The highest BCUT2D eigenvalue weighted by molar-refractivity contribution is 5.87. The molecule has 182 valence electrons. The summed E-state index contributed by atoms with van der Waals surface area (Å²) in [4.78, 5) is 2.32. The number of ether oxygens (including phenoxy) is 2. The molecule has 0 bridgehead atoms. The number of likely N-dealkylation sites (tertiary alicyclic amines) is 1. The van der Waals surface area contributed by atoms with Gasteiger partial charge in [0.15, 0.2) is 5.76 Å². The van der Waals surface area contributed by atoms with Crippen LogP contribution in [-0.2, 0) is 6.42 Å². The number of hydrogen-bond acceptors (Lipinski definition) is 8. The second-order valence-electron chi connectivity index (χ2n) is 9.41. The Morgan fingerprint density at radius 2 is 2.00 bits per heavy atom. The maximum absolute atomic E-state index is 10.7. The highest BCUT2D eigenvalue weighted by atomic mass is 16.5. The smallest absolute Gasteiger partial charge is 0.283 e. The summed E-state index contributed by atoms with van der Waals surface area (Å²) in [5.74, 6) is 3.57. The first-order valence-electron chi connectivity index (χ1n) is 12.2. The summed E-state index contributed by atoms with van der Waals surface area (Å²) < 4.78 is 23.1. The average Bonchev–Trinajstić information content (AvgIpc) is 3.62. The number of nitrogens with zero attached hydrogens (tertiary/aromatic N) is 3. The number of furan rings is 1. The lowest BCUT2D eigenvalue weighted by Crippen LogP contribution is -2.40. The number of hydrogen-bond donors (Lipinski definition) is 1. The molecule has 0 saturated carbocycles. The molecule has 6 rings (SSSR count). The summed E-state index contributed by atoms with van der Waals surface area (Å²) in [6, 6.07) is 14.1. The molecule has 0 spiro atoms. The molecule has 8 heteroatoms. The number of aryl methyl sites for hydroxylation is 1. The van der Waals surface area contributed by atoms with E-state index < -0.39 is 6.10 Å². The number of aromatic nitrogens is 2. The Labute approximate surface area is 203 Å². The van der Waals surface area contributed by atoms with E-state index in [0.717, 1.165) is 50.1 Å². The number of fused-ring (bicyclic) bond motifs is 2. The van der Waals surface area contributed by atoms with Crippen LogP contribution in [-0.4, -0.2) is 59.2 Å². The van der Waals surface area contributed by atoms with Gasteiger partial charge in [0.25, 0.3) is 5.89 Å². The molecule has 0 amide bonds. The van der Waals surface area contributed by atoms with Gasteiger partial charge in [-0.05, 0) is 61.2 Å². The van der Waals surface area contributed by atoms with Gasteiger partial charge >= 0.3 is 0 Å². The molecule has 2 aromatic carbocycles. The summed E-state index contributed by atoms with van der Waals surface area (Å²) in [6.45, 7) is 5.26. The van der Waals surface area contributed by atoms with E-state index in [1.807, 2.05) is 24.3 Å². The quantitative estimate of drug-likeness (QED) is 0.422. The van der Waals surface area contributed by atoms with Crippen molar-refractivity contribution in [2.24, 2.45) is 0 Å². The molecule has 35 heavy (non-hydrogen) atoms. The van der Waals surface area contributed by atoms with Crippen LogP contribution < -0.4 is 9.47 Å². The van der Waals surface area contributed by atoms with Gasteiger partial charge in [-0.3, -0.25) is 0 Å². The SMILES string of the molecule is Cc1nnc(-c2cc3c(OCC(O)CN4CCC(c5ccc6c(c5)OCC6)CC4)cccc3o2)o1. The fourth-order valence-corrected chi connectivity index (χ4v) is 5.08. The third kappa shape index (κ3) is 4.63. The molecule has 0 aliphatic carbocycles. The second-order valence-corrected chi connectivity index (χ2v) is 9.41. The Morgan fingerprint density at radius 1 is 1.11 bits per heavy atom. The van der Waals surface area contributed by atoms with Gasteiger partial charge in [0, 0.05) is 26.0 Å². The van der Waals surface area contributed by atoms with Gasteiger partial charge in [-0.25, -0.2) is 0 Å². The van der Waals surface area contributed by atoms with Crippen molar-refractivity contribution < 1.29 is 23.4 Å². The van der Waals surface area contributed by atoms with Gasteiger partial charge in [0.1, 0.15) is 29.8 Å². The van der Waals surface area contributed by atoms with E-state index >= 15 is 0 Å². The molecule has 0 radical (unpaired) electrons. The first kappa shape index (κ1) is 22.1. The highest BCUT2D eigenvalue weighted by Crippen LogP contribution is 2.35. The lowest BCUT2D eigenvalue weighted by Gasteiger charge is -2.33. The van der Waals surface area contributed by atoms with Crippen molar-refractivity contribution in [1.82, 2.24) is 15.1 Å². The Balaban J connectivity index is 1.03. The maximum atomic E-state index is 10.7. The lowest BCUT2D eigenvalue weighted by atomic mass is 9.88. The Hall–Kier alpha value is -3.36. The topological polar surface area (TPSA) is 94.0 Å². The molecular weight excluding hydrogens is 446 g/mol. The van der Waals surface area contributed by atoms with Crippen molar-refractivity contribution in [1.29, 1.82) is 0 Å². The van der Waals surface area contributed by atoms with Gasteiger partial charge in [-0.15, -0.1) is 10.2 Å². The molecule has 1 N–H and O–H groups in total. The average molecular weight is 476 g/mol. The molecule has 2 aromatic heterocycles. The van der Waals surface area contributed by atoms with Crippen LogP contribution in [0, 0.1) is 6.92 Å². The predicted octanol–water partition coefficient (Wildman–Crippen LogP) is 4.35. The highest BCUT2D eigenvalue weighted by Gasteiger charge is 2.24. The second kappa shape index (κ2) is 9.36. The van der Waals surface area contributed by atoms with E-state index in [9.17, 15) is 5.11 Å². The minimum Gasteiger partial charge on any atom is -0.493 e. The zero-order valence-corrected chi connectivity index (χ0v) is 19.8. The molecule has 4 heterocycles. The Morgan fingerprint density at radius 3 is 2.83 bits per heavy atom. The summed E-state index contributed by atoms with van der Waals surface area (Å²) in [7, 11) is 0. The molecule has 1 unspecified atom stereocenters. The normalized spacial score (nSPS) is 17.4. The van der Waals surface area contributed by atoms with E-state index in [0.29, 0.717) is 41.3 Å². The number of piperidine rings is 1. The lowest BCUT2D eigenvalue weighted by molar-refractivity contribution is 0.0599. The summed E-state index contributed by atoms with van der Waals surface area (Å²) >= 11 is 0. The fraction of sp³-hybridized carbons (Fsp3) is 0.407. The van der Waals surface area contributed by atoms with Crippen molar-refractivity contribution in [2.75, 3.05) is 32.8 Å². The first-order valence-corrected chi connectivity index (χ1v) is 12.2. The predicted molar refractivity (Wildman–Crippen MR) is 130 cm³/mol. The van der Waals surface area contributed by atoms with Crippen LogP contribution in [0.5, 0.6) is 11.5 Å². The molecule has 2 aliphatic rings. The zero-order chi connectivity index (χ0) is 23.8. The molecule has 4 aromatic rings. The molecule has 1 fully saturated rings. The number of aliphatic hydroxyl groups is 1. The van der Waals surface area contributed by atoms with Crippen molar-refractivity contribution in [3.63, 3.8) is 0 Å². The maximum Gasteiger partial charge on any atom is 0.283 e. The molecule has 1 saturated heterocycles. The third-order valence-electron chi connectivity index (χ3n) is 6.94. The van der Waals surface area contributed by atoms with Crippen LogP contribution >= 0.6 is 0 Å². The van der Waals surface area contributed by atoms with Gasteiger partial charge < -0.3 is 28.3 Å². The number of rotatable bonds is 7. The van der Waals surface area contributed by atoms with Gasteiger partial charge in [0.05, 0.1) is 12.0 Å². The van der Waals surface area contributed by atoms with Crippen molar-refractivity contribution in [2.45, 2.75) is 38.2 Å². The van der Waals surface area contributed by atoms with E-state index in [4.69, 9.17) is 18.3 Å². The summed E-state index contributed by atoms with van der Waals surface area (Å²) in [6.07, 6.45) is 2.60. The van der Waals surface area contributed by atoms with E-state index in [2.05, 4.69) is 33.3 Å². The zero-order valence-electron chi connectivity index (χ0n) is 19.8. The summed E-state index contributed by atoms with van der Waals surface area (Å²) in [5, 5.41) is 19.4. The number of benzene rings is 2. The monoisotopic (exact) mass is 475 g/mol. The minimum atomic E-state index is -0.583. The van der Waals surface area contributed by atoms with E-state index in [1.54, 1.807) is 6.92 Å². The minimum absolute atomic E-state index is 0.210. The van der Waals surface area contributed by atoms with Crippen LogP contribution in [0.15, 0.2) is 51.3 Å². The van der Waals surface area contributed by atoms with Crippen LogP contribution in [0.4, 0.5) is 0 Å². The third-order valence-corrected chi connectivity index (χ3v) is 6.94. The molecular formula is C27H29N3O5. The first-order chi connectivity index (χ1) is 17.1. The van der Waals surface area contributed by atoms with Gasteiger partial charge in [-0.1, -0.05) is 18.2 Å². The largest absolute Gasteiger partial charge is 0.493 e. The standard InChI is InChI=1S/C27H29N3O5/c1-17-28-29-27(34-17)26-14-22-23(3-2-4-24(22)35-26)33-16-21(31)15-30-10-7-18(8-11-30)20-6-5-19-9-12-32-25(19)13-20/h2-6,13-14,18,21,31H,7-12,15-16H2,1H3. The molecule has 8 nitrogen and oxygen atoms in total. The van der Waals surface area contributed by atoms with Crippen LogP contribution in [0.1, 0.15) is 35.8 Å². The molecule has 2 aliphatic heterocycles. The van der Waals surface area contributed by atoms with Gasteiger partial charge in [-0.2, -0.15) is 0 Å². The number of aliphatic hydroxyl groups excluding tert-OH is 1. The van der Waals surface area contributed by atoms with Crippen molar-refractivity contribution in [3.05, 3.63) is 59.5 Å². The Bertz CT molecular complexity index is 1320. The van der Waals surface area contributed by atoms with Crippen molar-refractivity contribution in [3.8, 4) is 23.1 Å². The van der Waals surface area contributed by atoms with Crippen LogP contribution in [0.2, 0.25) is 0 Å². The van der Waals surface area contributed by atoms with Crippen LogP contribution in [0.25, 0.3) is 22.6 Å². The van der Waals surface area contributed by atoms with E-state index in [1.165, 1.54) is 11.1 Å². The van der Waals surface area contributed by atoms with Gasteiger partial charge in [0.2, 0.25) is 5.89 Å². The molecule has 1 atom stereocenters. The number of β-amino-alcohol motifs (C(OH)–C–C–N with tert-alkyl or cyclic N) is 1. The fourth-order valence-electron chi connectivity index (χ4n) is 5.08. The summed E-state index contributed by atoms with van der Waals surface area (Å²) in [5.41, 5.74) is 3.36. The van der Waals surface area contributed by atoms with Crippen LogP contribution in [0.3, 0.4) is 0 Å². The van der Waals surface area contributed by atoms with E-state index in [-0.39, 0.29) is 6.61 Å². The van der Waals surface area contributed by atoms with Crippen molar-refractivity contribution >= 4 is 11.0 Å². The Kier molecular flexibility index (Phi) is 5.91.